The molecule has 8 heteroatoms. The molecule has 0 saturated carbocycles. The molecule has 0 aliphatic heterocycles. The van der Waals surface area contributed by atoms with Crippen LogP contribution in [-0.2, 0) is 16.1 Å². The van der Waals surface area contributed by atoms with E-state index in [2.05, 4.69) is 10.4 Å². The van der Waals surface area contributed by atoms with Gasteiger partial charge in [-0.1, -0.05) is 24.3 Å². The Bertz CT molecular complexity index is 998. The van der Waals surface area contributed by atoms with Crippen LogP contribution < -0.4 is 14.8 Å². The van der Waals surface area contributed by atoms with Crippen molar-refractivity contribution in [1.29, 1.82) is 0 Å². The molecule has 0 aliphatic rings. The van der Waals surface area contributed by atoms with Gasteiger partial charge in [0.1, 0.15) is 6.54 Å². The lowest BCUT2D eigenvalue weighted by atomic mass is 10.0. The number of carboxylic acids is 1. The number of carbonyl (C=O) groups is 2. The molecule has 1 aromatic heterocycles. The molecular weight excluding hydrogens is 362 g/mol. The first kappa shape index (κ1) is 19.2. The summed E-state index contributed by atoms with van der Waals surface area (Å²) in [7, 11) is 3.01. The van der Waals surface area contributed by atoms with Gasteiger partial charge in [0.2, 0.25) is 5.91 Å². The Morgan fingerprint density at radius 2 is 1.89 bits per heavy atom. The van der Waals surface area contributed by atoms with Gasteiger partial charge in [-0.3, -0.25) is 14.3 Å². The molecule has 0 bridgehead atoms. The number of aliphatic carboxylic acids is 1. The van der Waals surface area contributed by atoms with Crippen LogP contribution in [0.3, 0.4) is 0 Å². The summed E-state index contributed by atoms with van der Waals surface area (Å²) in [6.45, 7) is -0.0169. The van der Waals surface area contributed by atoms with Crippen molar-refractivity contribution in [3.05, 3.63) is 54.2 Å². The highest BCUT2D eigenvalue weighted by molar-refractivity contribution is 5.82. The van der Waals surface area contributed by atoms with E-state index >= 15 is 0 Å². The zero-order valence-corrected chi connectivity index (χ0v) is 15.6. The van der Waals surface area contributed by atoms with Crippen LogP contribution in [-0.4, -0.2) is 41.0 Å². The molecule has 2 N–H and O–H groups in total. The van der Waals surface area contributed by atoms with Gasteiger partial charge in [0.25, 0.3) is 0 Å². The van der Waals surface area contributed by atoms with Crippen LogP contribution in [0.5, 0.6) is 11.5 Å². The van der Waals surface area contributed by atoms with Crippen LogP contribution in [0.15, 0.2) is 48.7 Å². The Kier molecular flexibility index (Phi) is 5.78. The fourth-order valence-electron chi connectivity index (χ4n) is 3.02. The predicted molar refractivity (Wildman–Crippen MR) is 102 cm³/mol. The molecule has 1 heterocycles. The normalized spacial score (nSPS) is 11.8. The number of carbonyl (C=O) groups excluding carboxylic acids is 1. The summed E-state index contributed by atoms with van der Waals surface area (Å²) in [4.78, 5) is 23.9. The number of hydrogen-bond donors (Lipinski definition) is 2. The average Bonchev–Trinajstić information content (AvgIpc) is 3.09. The summed E-state index contributed by atoms with van der Waals surface area (Å²) in [6, 6.07) is 11.9. The van der Waals surface area contributed by atoms with Gasteiger partial charge >= 0.3 is 5.97 Å². The van der Waals surface area contributed by atoms with Crippen molar-refractivity contribution in [2.45, 2.75) is 19.0 Å². The highest BCUT2D eigenvalue weighted by Crippen LogP contribution is 2.31. The Morgan fingerprint density at radius 3 is 2.61 bits per heavy atom. The van der Waals surface area contributed by atoms with E-state index in [9.17, 15) is 14.7 Å². The molecule has 0 saturated heterocycles. The van der Waals surface area contributed by atoms with Crippen LogP contribution in [0.1, 0.15) is 18.0 Å². The highest BCUT2D eigenvalue weighted by Gasteiger charge is 2.20. The molecule has 0 fully saturated rings. The molecule has 3 aromatic rings. The Hall–Kier alpha value is -3.55. The minimum atomic E-state index is -1.02. The summed E-state index contributed by atoms with van der Waals surface area (Å²) < 4.78 is 12.1. The lowest BCUT2D eigenvalue weighted by Crippen LogP contribution is -2.33. The number of carboxylic acid groups (broad SMARTS) is 1. The first-order chi connectivity index (χ1) is 13.5. The van der Waals surface area contributed by atoms with Gasteiger partial charge in [-0.25, -0.2) is 0 Å². The number of para-hydroxylation sites is 1. The molecule has 1 amide bonds. The topological polar surface area (TPSA) is 103 Å². The molecule has 28 heavy (non-hydrogen) atoms. The molecule has 146 valence electrons. The third-order valence-corrected chi connectivity index (χ3v) is 4.37. The van der Waals surface area contributed by atoms with E-state index in [0.29, 0.717) is 17.1 Å². The van der Waals surface area contributed by atoms with Crippen molar-refractivity contribution in [2.75, 3.05) is 14.2 Å². The number of benzene rings is 2. The zero-order chi connectivity index (χ0) is 20.1. The standard InChI is InChI=1S/C20H21N3O5/c1-27-17-8-7-13(9-18(17)28-2)15(10-20(25)26)22-19(24)12-23-16-6-4-3-5-14(16)11-21-23/h3-9,11,15H,10,12H2,1-2H3,(H,22,24)(H,25,26). The van der Waals surface area contributed by atoms with Crippen molar-refractivity contribution < 1.29 is 24.2 Å². The Morgan fingerprint density at radius 1 is 1.14 bits per heavy atom. The van der Waals surface area contributed by atoms with Crippen molar-refractivity contribution in [1.82, 2.24) is 15.1 Å². The number of hydrogen-bond acceptors (Lipinski definition) is 5. The third-order valence-electron chi connectivity index (χ3n) is 4.37. The molecule has 3 rings (SSSR count). The van der Waals surface area contributed by atoms with E-state index in [1.807, 2.05) is 24.3 Å². The summed E-state index contributed by atoms with van der Waals surface area (Å²) in [6.07, 6.45) is 1.42. The molecule has 1 unspecified atom stereocenters. The van der Waals surface area contributed by atoms with Crippen molar-refractivity contribution >= 4 is 22.8 Å². The number of amides is 1. The maximum Gasteiger partial charge on any atom is 0.305 e. The monoisotopic (exact) mass is 383 g/mol. The molecule has 8 nitrogen and oxygen atoms in total. The van der Waals surface area contributed by atoms with Crippen molar-refractivity contribution in [3.63, 3.8) is 0 Å². The number of nitrogens with one attached hydrogen (secondary N) is 1. The lowest BCUT2D eigenvalue weighted by Gasteiger charge is -2.19. The van der Waals surface area contributed by atoms with E-state index in [0.717, 1.165) is 10.9 Å². The Labute approximate surface area is 161 Å². The zero-order valence-electron chi connectivity index (χ0n) is 15.6. The largest absolute Gasteiger partial charge is 0.493 e. The first-order valence-electron chi connectivity index (χ1n) is 8.65. The second kappa shape index (κ2) is 8.43. The number of ether oxygens (including phenoxy) is 2. The summed E-state index contributed by atoms with van der Waals surface area (Å²) in [5.41, 5.74) is 1.44. The quantitative estimate of drug-likeness (QED) is 0.619. The van der Waals surface area contributed by atoms with Gasteiger partial charge in [-0.05, 0) is 23.8 Å². The number of fused-ring (bicyclic) bond motifs is 1. The number of aromatic nitrogens is 2. The molecule has 2 aromatic carbocycles. The smallest absolute Gasteiger partial charge is 0.305 e. The van der Waals surface area contributed by atoms with Gasteiger partial charge in [0.15, 0.2) is 11.5 Å². The van der Waals surface area contributed by atoms with Crippen molar-refractivity contribution in [3.8, 4) is 11.5 Å². The maximum atomic E-state index is 12.6. The molecule has 0 radical (unpaired) electrons. The Balaban J connectivity index is 1.80. The summed E-state index contributed by atoms with van der Waals surface area (Å²) >= 11 is 0. The number of methoxy groups -OCH3 is 2. The number of rotatable bonds is 8. The van der Waals surface area contributed by atoms with Crippen molar-refractivity contribution in [2.24, 2.45) is 0 Å². The summed E-state index contributed by atoms with van der Waals surface area (Å²) in [5.74, 6) is -0.378. The SMILES string of the molecule is COc1ccc(C(CC(=O)O)NC(=O)Cn2ncc3ccccc32)cc1OC. The minimum absolute atomic E-state index is 0.0169. The molecule has 0 spiro atoms. The molecule has 1 atom stereocenters. The number of nitrogens with zero attached hydrogens (tertiary/aromatic N) is 2. The third kappa shape index (κ3) is 4.22. The van der Waals surface area contributed by atoms with E-state index in [1.165, 1.54) is 14.2 Å². The van der Waals surface area contributed by atoms with Crippen LogP contribution in [0.4, 0.5) is 0 Å². The fraction of sp³-hybridized carbons (Fsp3) is 0.250. The van der Waals surface area contributed by atoms with E-state index in [4.69, 9.17) is 9.47 Å². The highest BCUT2D eigenvalue weighted by atomic mass is 16.5. The van der Waals surface area contributed by atoms with Crippen LogP contribution in [0.2, 0.25) is 0 Å². The van der Waals surface area contributed by atoms with Crippen LogP contribution >= 0.6 is 0 Å². The predicted octanol–water partition coefficient (Wildman–Crippen LogP) is 2.39. The average molecular weight is 383 g/mol. The van der Waals surface area contributed by atoms with Gasteiger partial charge in [0.05, 0.1) is 38.4 Å². The molecular formula is C20H21N3O5. The van der Waals surface area contributed by atoms with Gasteiger partial charge in [-0.2, -0.15) is 5.10 Å². The van der Waals surface area contributed by atoms with E-state index in [1.54, 1.807) is 29.1 Å². The molecule has 0 aliphatic carbocycles. The van der Waals surface area contributed by atoms with Gasteiger partial charge in [0, 0.05) is 5.39 Å². The van der Waals surface area contributed by atoms with Crippen LogP contribution in [0.25, 0.3) is 10.9 Å². The minimum Gasteiger partial charge on any atom is -0.493 e. The maximum absolute atomic E-state index is 12.6. The van der Waals surface area contributed by atoms with Gasteiger partial charge < -0.3 is 19.9 Å². The van der Waals surface area contributed by atoms with Gasteiger partial charge in [-0.15, -0.1) is 0 Å². The van der Waals surface area contributed by atoms with Crippen LogP contribution in [0, 0.1) is 0 Å². The second-order valence-corrected chi connectivity index (χ2v) is 6.19. The summed E-state index contributed by atoms with van der Waals surface area (Å²) in [5, 5.41) is 17.2. The first-order valence-corrected chi connectivity index (χ1v) is 8.65. The van der Waals surface area contributed by atoms with E-state index in [-0.39, 0.29) is 18.9 Å². The van der Waals surface area contributed by atoms with E-state index < -0.39 is 12.0 Å². The lowest BCUT2D eigenvalue weighted by molar-refractivity contribution is -0.137. The second-order valence-electron chi connectivity index (χ2n) is 6.19. The fourth-order valence-corrected chi connectivity index (χ4v) is 3.02.